The monoisotopic (exact) mass is 152 g/mol. The summed E-state index contributed by atoms with van der Waals surface area (Å²) in [5.74, 6) is 0.755. The second-order valence-electron chi connectivity index (χ2n) is 1.99. The van der Waals surface area contributed by atoms with Gasteiger partial charge in [0.05, 0.1) is 6.33 Å². The molecule has 0 aromatic heterocycles. The third kappa shape index (κ3) is 2.85. The average molecular weight is 152 g/mol. The highest BCUT2D eigenvalue weighted by molar-refractivity contribution is 5.21. The molecule has 1 rings (SSSR count). The number of rotatable bonds is 3. The molecule has 1 aromatic carbocycles. The van der Waals surface area contributed by atoms with Gasteiger partial charge in [-0.1, -0.05) is 18.2 Å². The second-order valence-corrected chi connectivity index (χ2v) is 1.99. The maximum Gasteiger partial charge on any atom is 0.119 e. The molecule has 0 saturated heterocycles. The lowest BCUT2D eigenvalue weighted by atomic mass is 10.3. The maximum absolute atomic E-state index is 11.4. The van der Waals surface area contributed by atoms with Crippen LogP contribution in [-0.2, 0) is 0 Å². The first-order chi connectivity index (χ1) is 5.43. The van der Waals surface area contributed by atoms with E-state index >= 15 is 0 Å². The van der Waals surface area contributed by atoms with E-state index in [2.05, 4.69) is 0 Å². The van der Waals surface area contributed by atoms with E-state index in [4.69, 9.17) is 4.74 Å². The van der Waals surface area contributed by atoms with E-state index in [9.17, 15) is 4.39 Å². The smallest absolute Gasteiger partial charge is 0.119 e. The Kier molecular flexibility index (Phi) is 3.19. The Morgan fingerprint density at radius 1 is 1.27 bits per heavy atom. The van der Waals surface area contributed by atoms with Crippen molar-refractivity contribution in [1.82, 2.24) is 0 Å². The molecule has 0 N–H and O–H groups in total. The largest absolute Gasteiger partial charge is 0.489 e. The number of halogens is 1. The Balaban J connectivity index is 2.39. The first kappa shape index (κ1) is 7.79. The van der Waals surface area contributed by atoms with Gasteiger partial charge in [0.25, 0.3) is 0 Å². The van der Waals surface area contributed by atoms with Crippen molar-refractivity contribution in [1.29, 1.82) is 0 Å². The zero-order valence-corrected chi connectivity index (χ0v) is 6.03. The zero-order valence-electron chi connectivity index (χ0n) is 6.03. The van der Waals surface area contributed by atoms with Gasteiger partial charge in [0, 0.05) is 0 Å². The number of hydrogen-bond acceptors (Lipinski definition) is 1. The van der Waals surface area contributed by atoms with Crippen LogP contribution >= 0.6 is 0 Å². The van der Waals surface area contributed by atoms with Gasteiger partial charge in [0.1, 0.15) is 12.4 Å². The standard InChI is InChI=1S/C9H9FO/c10-7-4-8-11-9-5-2-1-3-6-9/h1-7H,8H2/b7-4+. The van der Waals surface area contributed by atoms with Gasteiger partial charge in [-0.3, -0.25) is 0 Å². The molecule has 11 heavy (non-hydrogen) atoms. The summed E-state index contributed by atoms with van der Waals surface area (Å²) in [5, 5.41) is 0. The van der Waals surface area contributed by atoms with Gasteiger partial charge in [-0.2, -0.15) is 0 Å². The SMILES string of the molecule is F/C=C/COc1ccccc1. The van der Waals surface area contributed by atoms with Crippen molar-refractivity contribution < 1.29 is 9.13 Å². The van der Waals surface area contributed by atoms with Gasteiger partial charge in [-0.15, -0.1) is 0 Å². The fourth-order valence-electron chi connectivity index (χ4n) is 0.697. The van der Waals surface area contributed by atoms with Gasteiger partial charge in [0.2, 0.25) is 0 Å². The first-order valence-electron chi connectivity index (χ1n) is 3.36. The van der Waals surface area contributed by atoms with E-state index in [1.165, 1.54) is 6.08 Å². The highest BCUT2D eigenvalue weighted by Crippen LogP contribution is 2.07. The lowest BCUT2D eigenvalue weighted by Gasteiger charge is -2.00. The molecule has 0 unspecified atom stereocenters. The number of benzene rings is 1. The number of hydrogen-bond donors (Lipinski definition) is 0. The van der Waals surface area contributed by atoms with E-state index < -0.39 is 0 Å². The molecule has 1 aromatic rings. The summed E-state index contributed by atoms with van der Waals surface area (Å²) in [6.45, 7) is 0.278. The van der Waals surface area contributed by atoms with Crippen LogP contribution in [0.3, 0.4) is 0 Å². The van der Waals surface area contributed by atoms with Crippen molar-refractivity contribution in [2.45, 2.75) is 0 Å². The van der Waals surface area contributed by atoms with Crippen LogP contribution in [0.4, 0.5) is 4.39 Å². The molecule has 0 spiro atoms. The van der Waals surface area contributed by atoms with Crippen LogP contribution in [0.2, 0.25) is 0 Å². The Morgan fingerprint density at radius 2 is 2.00 bits per heavy atom. The fourth-order valence-corrected chi connectivity index (χ4v) is 0.697. The predicted octanol–water partition coefficient (Wildman–Crippen LogP) is 2.55. The van der Waals surface area contributed by atoms with Crippen LogP contribution in [0.5, 0.6) is 5.75 Å². The van der Waals surface area contributed by atoms with Crippen LogP contribution in [-0.4, -0.2) is 6.61 Å². The summed E-state index contributed by atoms with van der Waals surface area (Å²) < 4.78 is 16.6. The first-order valence-corrected chi connectivity index (χ1v) is 3.36. The molecule has 2 heteroatoms. The lowest BCUT2D eigenvalue weighted by Crippen LogP contribution is -1.91. The highest BCUT2D eigenvalue weighted by Gasteiger charge is 1.85. The molecular formula is C9H9FO. The molecular weight excluding hydrogens is 143 g/mol. The Hall–Kier alpha value is -1.31. The molecule has 0 amide bonds. The maximum atomic E-state index is 11.4. The molecule has 0 atom stereocenters. The van der Waals surface area contributed by atoms with Crippen molar-refractivity contribution in [3.63, 3.8) is 0 Å². The summed E-state index contributed by atoms with van der Waals surface area (Å²) in [5.41, 5.74) is 0. The molecule has 58 valence electrons. The molecule has 0 heterocycles. The van der Waals surface area contributed by atoms with Crippen molar-refractivity contribution in [2.24, 2.45) is 0 Å². The average Bonchev–Trinajstić information content (AvgIpc) is 2.07. The lowest BCUT2D eigenvalue weighted by molar-refractivity contribution is 0.361. The molecule has 0 saturated carbocycles. The Morgan fingerprint density at radius 3 is 2.64 bits per heavy atom. The second kappa shape index (κ2) is 4.50. The number of ether oxygens (including phenoxy) is 1. The quantitative estimate of drug-likeness (QED) is 0.646. The summed E-state index contributed by atoms with van der Waals surface area (Å²) in [6.07, 6.45) is 1.79. The Labute approximate surface area is 65.1 Å². The number of para-hydroxylation sites is 1. The van der Waals surface area contributed by atoms with Crippen LogP contribution in [0.15, 0.2) is 42.7 Å². The van der Waals surface area contributed by atoms with E-state index in [0.717, 1.165) is 5.75 Å². The van der Waals surface area contributed by atoms with E-state index in [1.807, 2.05) is 30.3 Å². The summed E-state index contributed by atoms with van der Waals surface area (Å²) in [6, 6.07) is 9.29. The minimum absolute atomic E-state index is 0.278. The summed E-state index contributed by atoms with van der Waals surface area (Å²) in [7, 11) is 0. The van der Waals surface area contributed by atoms with Crippen LogP contribution < -0.4 is 4.74 Å². The minimum atomic E-state index is 0.278. The van der Waals surface area contributed by atoms with Crippen LogP contribution in [0.1, 0.15) is 0 Å². The fraction of sp³-hybridized carbons (Fsp3) is 0.111. The third-order valence-corrected chi connectivity index (χ3v) is 1.18. The molecule has 0 aliphatic rings. The van der Waals surface area contributed by atoms with Gasteiger partial charge in [-0.25, -0.2) is 4.39 Å². The predicted molar refractivity (Wildman–Crippen MR) is 42.2 cm³/mol. The van der Waals surface area contributed by atoms with E-state index in [0.29, 0.717) is 6.33 Å². The van der Waals surface area contributed by atoms with Crippen molar-refractivity contribution >= 4 is 0 Å². The summed E-state index contributed by atoms with van der Waals surface area (Å²) >= 11 is 0. The van der Waals surface area contributed by atoms with E-state index in [-0.39, 0.29) is 6.61 Å². The van der Waals surface area contributed by atoms with Gasteiger partial charge < -0.3 is 4.74 Å². The van der Waals surface area contributed by atoms with Crippen molar-refractivity contribution in [3.8, 4) is 5.75 Å². The molecule has 0 radical (unpaired) electrons. The highest BCUT2D eigenvalue weighted by atomic mass is 19.1. The molecule has 0 aliphatic heterocycles. The van der Waals surface area contributed by atoms with Gasteiger partial charge >= 0.3 is 0 Å². The molecule has 0 bridgehead atoms. The topological polar surface area (TPSA) is 9.23 Å². The van der Waals surface area contributed by atoms with Gasteiger partial charge in [0.15, 0.2) is 0 Å². The van der Waals surface area contributed by atoms with Crippen LogP contribution in [0, 0.1) is 0 Å². The van der Waals surface area contributed by atoms with Crippen molar-refractivity contribution in [3.05, 3.63) is 42.7 Å². The molecule has 1 nitrogen and oxygen atoms in total. The molecule has 0 aliphatic carbocycles. The van der Waals surface area contributed by atoms with E-state index in [1.54, 1.807) is 0 Å². The molecule has 0 fully saturated rings. The zero-order chi connectivity index (χ0) is 7.94. The Bertz CT molecular complexity index is 218. The summed E-state index contributed by atoms with van der Waals surface area (Å²) in [4.78, 5) is 0. The minimum Gasteiger partial charge on any atom is -0.489 e. The third-order valence-electron chi connectivity index (χ3n) is 1.18. The van der Waals surface area contributed by atoms with Gasteiger partial charge in [-0.05, 0) is 18.2 Å². The van der Waals surface area contributed by atoms with Crippen molar-refractivity contribution in [2.75, 3.05) is 6.61 Å². The normalized spacial score (nSPS) is 10.3. The van der Waals surface area contributed by atoms with Crippen LogP contribution in [0.25, 0.3) is 0 Å².